The van der Waals surface area contributed by atoms with E-state index in [-0.39, 0.29) is 23.5 Å². The van der Waals surface area contributed by atoms with Gasteiger partial charge in [-0.05, 0) is 48.7 Å². The maximum absolute atomic E-state index is 12.3. The van der Waals surface area contributed by atoms with E-state index in [2.05, 4.69) is 10.0 Å². The van der Waals surface area contributed by atoms with Crippen LogP contribution in [-0.4, -0.2) is 33.6 Å². The number of ether oxygens (including phenoxy) is 1. The smallest absolute Gasteiger partial charge is 0.251 e. The minimum absolute atomic E-state index is 0.0744. The molecule has 1 aliphatic heterocycles. The highest BCUT2D eigenvalue weighted by molar-refractivity contribution is 7.89. The summed E-state index contributed by atoms with van der Waals surface area (Å²) in [6.07, 6.45) is 1.73. The third kappa shape index (κ3) is 5.29. The van der Waals surface area contributed by atoms with Crippen molar-refractivity contribution in [2.45, 2.75) is 30.4 Å². The van der Waals surface area contributed by atoms with Crippen LogP contribution in [0.25, 0.3) is 0 Å². The number of benzene rings is 2. The van der Waals surface area contributed by atoms with Gasteiger partial charge in [-0.15, -0.1) is 0 Å². The van der Waals surface area contributed by atoms with Crippen molar-refractivity contribution in [1.82, 2.24) is 10.0 Å². The van der Waals surface area contributed by atoms with E-state index in [1.165, 1.54) is 24.3 Å². The van der Waals surface area contributed by atoms with Gasteiger partial charge in [0, 0.05) is 30.3 Å². The summed E-state index contributed by atoms with van der Waals surface area (Å²) in [6, 6.07) is 13.1. The molecule has 0 radical (unpaired) electrons. The average Bonchev–Trinajstić information content (AvgIpc) is 3.19. The molecule has 1 aliphatic rings. The predicted octanol–water partition coefficient (Wildman–Crippen LogP) is 2.73. The quantitative estimate of drug-likeness (QED) is 0.737. The second-order valence-corrected chi connectivity index (χ2v) is 8.46. The second-order valence-electron chi connectivity index (χ2n) is 6.29. The summed E-state index contributed by atoms with van der Waals surface area (Å²) in [5.74, 6) is -0.300. The number of halogens is 1. The molecule has 0 aromatic heterocycles. The van der Waals surface area contributed by atoms with Crippen LogP contribution < -0.4 is 10.0 Å². The number of hydrogen-bond donors (Lipinski definition) is 2. The lowest BCUT2D eigenvalue weighted by molar-refractivity contribution is 0.0951. The van der Waals surface area contributed by atoms with E-state index in [9.17, 15) is 13.2 Å². The van der Waals surface area contributed by atoms with Crippen LogP contribution in [0, 0.1) is 0 Å². The zero-order chi connectivity index (χ0) is 19.3. The van der Waals surface area contributed by atoms with Gasteiger partial charge in [0.25, 0.3) is 5.91 Å². The highest BCUT2D eigenvalue weighted by Gasteiger charge is 2.20. The first-order chi connectivity index (χ1) is 13.0. The van der Waals surface area contributed by atoms with Crippen molar-refractivity contribution in [1.29, 1.82) is 0 Å². The summed E-state index contributed by atoms with van der Waals surface area (Å²) < 4.78 is 32.6. The number of sulfonamides is 1. The third-order valence-corrected chi connectivity index (χ3v) is 6.16. The van der Waals surface area contributed by atoms with Crippen LogP contribution in [0.3, 0.4) is 0 Å². The largest absolute Gasteiger partial charge is 0.377 e. The van der Waals surface area contributed by atoms with Crippen LogP contribution in [0.15, 0.2) is 53.4 Å². The van der Waals surface area contributed by atoms with Gasteiger partial charge in [-0.3, -0.25) is 4.79 Å². The molecule has 1 atom stereocenters. The van der Waals surface area contributed by atoms with Gasteiger partial charge in [0.05, 0.1) is 11.0 Å². The molecule has 6 nitrogen and oxygen atoms in total. The molecular weight excluding hydrogens is 388 g/mol. The number of amides is 1. The Bertz CT molecular complexity index is 894. The first-order valence-corrected chi connectivity index (χ1v) is 10.5. The molecule has 27 heavy (non-hydrogen) atoms. The molecule has 3 rings (SSSR count). The van der Waals surface area contributed by atoms with Gasteiger partial charge >= 0.3 is 0 Å². The van der Waals surface area contributed by atoms with E-state index in [4.69, 9.17) is 16.3 Å². The zero-order valence-corrected chi connectivity index (χ0v) is 16.2. The van der Waals surface area contributed by atoms with Crippen LogP contribution in [0.4, 0.5) is 0 Å². The topological polar surface area (TPSA) is 84.5 Å². The van der Waals surface area contributed by atoms with Gasteiger partial charge in [-0.2, -0.15) is 0 Å². The Morgan fingerprint density at radius 2 is 1.89 bits per heavy atom. The maximum Gasteiger partial charge on any atom is 0.251 e. The van der Waals surface area contributed by atoms with Gasteiger partial charge in [-0.1, -0.05) is 29.8 Å². The van der Waals surface area contributed by atoms with Crippen molar-refractivity contribution in [2.75, 3.05) is 13.2 Å². The normalized spacial score (nSPS) is 17.0. The molecule has 1 fully saturated rings. The molecule has 0 bridgehead atoms. The standard InChI is InChI=1S/C19H21ClN2O4S/c20-18-6-2-1-4-15(18)12-21-19(23)14-7-9-17(10-8-14)27(24,25)22-13-16-5-3-11-26-16/h1-2,4,6-10,16,22H,3,5,11-13H2,(H,21,23)/t16-/m1/s1. The summed E-state index contributed by atoms with van der Waals surface area (Å²) >= 11 is 6.07. The van der Waals surface area contributed by atoms with Gasteiger partial charge in [0.2, 0.25) is 10.0 Å². The SMILES string of the molecule is O=C(NCc1ccccc1Cl)c1ccc(S(=O)(=O)NC[C@H]2CCCO2)cc1. The van der Waals surface area contributed by atoms with E-state index in [1.54, 1.807) is 6.07 Å². The Labute approximate surface area is 163 Å². The van der Waals surface area contributed by atoms with E-state index in [0.29, 0.717) is 23.7 Å². The van der Waals surface area contributed by atoms with E-state index < -0.39 is 10.0 Å². The molecule has 0 spiro atoms. The van der Waals surface area contributed by atoms with Crippen molar-refractivity contribution in [3.05, 3.63) is 64.7 Å². The van der Waals surface area contributed by atoms with E-state index in [0.717, 1.165) is 18.4 Å². The average molecular weight is 409 g/mol. The minimum Gasteiger partial charge on any atom is -0.377 e. The zero-order valence-electron chi connectivity index (χ0n) is 14.7. The van der Waals surface area contributed by atoms with Crippen LogP contribution >= 0.6 is 11.6 Å². The lowest BCUT2D eigenvalue weighted by atomic mass is 10.2. The number of carbonyl (C=O) groups is 1. The van der Waals surface area contributed by atoms with Gasteiger partial charge in [0.15, 0.2) is 0 Å². The molecule has 2 N–H and O–H groups in total. The van der Waals surface area contributed by atoms with Crippen LogP contribution in [-0.2, 0) is 21.3 Å². The first kappa shape index (κ1) is 19.8. The van der Waals surface area contributed by atoms with Gasteiger partial charge in [-0.25, -0.2) is 13.1 Å². The summed E-state index contributed by atoms with van der Waals surface area (Å²) in [5, 5.41) is 3.35. The van der Waals surface area contributed by atoms with Gasteiger partial charge < -0.3 is 10.1 Å². The number of rotatable bonds is 7. The Morgan fingerprint density at radius 3 is 2.56 bits per heavy atom. The fraction of sp³-hybridized carbons (Fsp3) is 0.316. The third-order valence-electron chi connectivity index (χ3n) is 4.35. The molecule has 8 heteroatoms. The molecule has 1 saturated heterocycles. The summed E-state index contributed by atoms with van der Waals surface area (Å²) in [7, 11) is -3.63. The summed E-state index contributed by atoms with van der Waals surface area (Å²) in [6.45, 7) is 1.22. The number of carbonyl (C=O) groups excluding carboxylic acids is 1. The van der Waals surface area contributed by atoms with Crippen LogP contribution in [0.2, 0.25) is 5.02 Å². The van der Waals surface area contributed by atoms with Crippen molar-refractivity contribution >= 4 is 27.5 Å². The Balaban J connectivity index is 1.58. The minimum atomic E-state index is -3.63. The fourth-order valence-electron chi connectivity index (χ4n) is 2.80. The molecular formula is C19H21ClN2O4S. The molecule has 0 unspecified atom stereocenters. The molecule has 0 aliphatic carbocycles. The van der Waals surface area contributed by atoms with Crippen LogP contribution in [0.5, 0.6) is 0 Å². The maximum atomic E-state index is 12.3. The monoisotopic (exact) mass is 408 g/mol. The molecule has 1 heterocycles. The molecule has 0 saturated carbocycles. The lowest BCUT2D eigenvalue weighted by Crippen LogP contribution is -2.31. The fourth-order valence-corrected chi connectivity index (χ4v) is 4.07. The van der Waals surface area contributed by atoms with Gasteiger partial charge in [0.1, 0.15) is 0 Å². The molecule has 144 valence electrons. The Hall–Kier alpha value is -1.93. The summed E-state index contributed by atoms with van der Waals surface area (Å²) in [4.78, 5) is 12.4. The van der Waals surface area contributed by atoms with Crippen molar-refractivity contribution in [3.8, 4) is 0 Å². The van der Waals surface area contributed by atoms with Crippen LogP contribution in [0.1, 0.15) is 28.8 Å². The Morgan fingerprint density at radius 1 is 1.15 bits per heavy atom. The molecule has 2 aromatic carbocycles. The highest BCUT2D eigenvalue weighted by Crippen LogP contribution is 2.16. The highest BCUT2D eigenvalue weighted by atomic mass is 35.5. The lowest BCUT2D eigenvalue weighted by Gasteiger charge is -2.12. The number of nitrogens with one attached hydrogen (secondary N) is 2. The first-order valence-electron chi connectivity index (χ1n) is 8.68. The van der Waals surface area contributed by atoms with E-state index in [1.807, 2.05) is 18.2 Å². The summed E-state index contributed by atoms with van der Waals surface area (Å²) in [5.41, 5.74) is 1.19. The van der Waals surface area contributed by atoms with Crippen molar-refractivity contribution in [3.63, 3.8) is 0 Å². The Kier molecular flexibility index (Phi) is 6.49. The predicted molar refractivity (Wildman–Crippen MR) is 103 cm³/mol. The molecule has 2 aromatic rings. The van der Waals surface area contributed by atoms with Crippen molar-refractivity contribution < 1.29 is 17.9 Å². The second kappa shape index (κ2) is 8.84. The van der Waals surface area contributed by atoms with E-state index >= 15 is 0 Å². The van der Waals surface area contributed by atoms with Crippen molar-refractivity contribution in [2.24, 2.45) is 0 Å². The molecule has 1 amide bonds. The number of hydrogen-bond acceptors (Lipinski definition) is 4.